The maximum atomic E-state index is 11.4. The van der Waals surface area contributed by atoms with Gasteiger partial charge in [0.2, 0.25) is 0 Å². The zero-order chi connectivity index (χ0) is 14.7. The van der Waals surface area contributed by atoms with Crippen molar-refractivity contribution in [3.05, 3.63) is 53.2 Å². The molecule has 0 amide bonds. The Hall–Kier alpha value is -2.16. The van der Waals surface area contributed by atoms with Crippen LogP contribution in [0.2, 0.25) is 0 Å². The minimum absolute atomic E-state index is 0.296. The van der Waals surface area contributed by atoms with Gasteiger partial charge < -0.3 is 4.74 Å². The van der Waals surface area contributed by atoms with Crippen LogP contribution in [0.4, 0.5) is 0 Å². The fourth-order valence-electron chi connectivity index (χ4n) is 1.29. The summed E-state index contributed by atoms with van der Waals surface area (Å²) in [5, 5.41) is 1.62. The van der Waals surface area contributed by atoms with Crippen LogP contribution in [0.25, 0.3) is 12.2 Å². The molecule has 0 fully saturated rings. The summed E-state index contributed by atoms with van der Waals surface area (Å²) in [5.74, 6) is -0.440. The average Bonchev–Trinajstić information content (AvgIpc) is 2.47. The van der Waals surface area contributed by atoms with E-state index in [0.717, 1.165) is 5.22 Å². The van der Waals surface area contributed by atoms with Gasteiger partial charge in [-0.25, -0.2) is 9.78 Å². The van der Waals surface area contributed by atoms with Crippen molar-refractivity contribution in [1.82, 2.24) is 4.98 Å². The van der Waals surface area contributed by atoms with Gasteiger partial charge in [-0.05, 0) is 19.1 Å². The monoisotopic (exact) mass is 259 g/mol. The number of methoxy groups -OCH3 is 1. The molecule has 1 rings (SSSR count). The lowest BCUT2D eigenvalue weighted by molar-refractivity contribution is 0.0593. The summed E-state index contributed by atoms with van der Waals surface area (Å²) in [4.78, 5) is 15.6. The Labute approximate surface area is 114 Å². The van der Waals surface area contributed by atoms with E-state index in [1.807, 2.05) is 51.1 Å². The first-order valence-electron chi connectivity index (χ1n) is 6.24. The normalized spacial score (nSPS) is 12.0. The summed E-state index contributed by atoms with van der Waals surface area (Å²) in [6.45, 7) is 9.56. The van der Waals surface area contributed by atoms with E-state index >= 15 is 0 Å². The minimum atomic E-state index is -0.440. The molecule has 1 heterocycles. The Morgan fingerprint density at radius 2 is 2.00 bits per heavy atom. The molecule has 3 nitrogen and oxygen atoms in total. The number of allylic oxidation sites excluding steroid dienone is 3. The summed E-state index contributed by atoms with van der Waals surface area (Å²) in [6.07, 6.45) is 9.11. The van der Waals surface area contributed by atoms with Gasteiger partial charge >= 0.3 is 5.97 Å². The minimum Gasteiger partial charge on any atom is -0.464 e. The summed E-state index contributed by atoms with van der Waals surface area (Å²) < 4.78 is 4.63. The molecule has 0 aliphatic heterocycles. The highest BCUT2D eigenvalue weighted by Crippen LogP contribution is 1.90. The summed E-state index contributed by atoms with van der Waals surface area (Å²) >= 11 is 0. The van der Waals surface area contributed by atoms with Gasteiger partial charge in [0.25, 0.3) is 0 Å². The number of pyridine rings is 1. The van der Waals surface area contributed by atoms with Gasteiger partial charge in [-0.15, -0.1) is 0 Å². The van der Waals surface area contributed by atoms with Gasteiger partial charge in [0.15, 0.2) is 0 Å². The summed E-state index contributed by atoms with van der Waals surface area (Å²) in [6, 6.07) is 3.45. The SMILES string of the molecule is C=C/C=c1/ccc(C(=O)OC)n/c1=C/C=C\C.CC. The second kappa shape index (κ2) is 9.83. The Morgan fingerprint density at radius 1 is 1.32 bits per heavy atom. The Morgan fingerprint density at radius 3 is 2.53 bits per heavy atom. The predicted molar refractivity (Wildman–Crippen MR) is 80.1 cm³/mol. The van der Waals surface area contributed by atoms with Crippen LogP contribution >= 0.6 is 0 Å². The molecule has 1 aromatic rings. The molecule has 0 N–H and O–H groups in total. The van der Waals surface area contributed by atoms with Crippen molar-refractivity contribution in [3.63, 3.8) is 0 Å². The molecular weight excluding hydrogens is 238 g/mol. The van der Waals surface area contributed by atoms with Gasteiger partial charge in [0.1, 0.15) is 5.69 Å². The second-order valence-corrected chi connectivity index (χ2v) is 3.26. The number of esters is 1. The lowest BCUT2D eigenvalue weighted by Crippen LogP contribution is -2.29. The molecule has 0 atom stereocenters. The van der Waals surface area contributed by atoms with E-state index in [9.17, 15) is 4.79 Å². The number of ether oxygens (including phenoxy) is 1. The summed E-state index contributed by atoms with van der Waals surface area (Å²) in [7, 11) is 1.34. The van der Waals surface area contributed by atoms with Crippen molar-refractivity contribution in [3.8, 4) is 0 Å². The van der Waals surface area contributed by atoms with E-state index in [1.54, 1.807) is 12.1 Å². The lowest BCUT2D eigenvalue weighted by atomic mass is 10.2. The maximum absolute atomic E-state index is 11.4. The first-order valence-corrected chi connectivity index (χ1v) is 6.24. The zero-order valence-corrected chi connectivity index (χ0v) is 12.0. The molecule has 0 aliphatic carbocycles. The molecule has 102 valence electrons. The first-order chi connectivity index (χ1) is 9.22. The van der Waals surface area contributed by atoms with E-state index in [0.29, 0.717) is 11.0 Å². The first kappa shape index (κ1) is 16.8. The van der Waals surface area contributed by atoms with Crippen molar-refractivity contribution in [2.45, 2.75) is 20.8 Å². The van der Waals surface area contributed by atoms with Crippen LogP contribution in [-0.2, 0) is 4.74 Å². The number of carbonyl (C=O) groups excluding carboxylic acids is 1. The lowest BCUT2D eigenvalue weighted by Gasteiger charge is -1.97. The largest absolute Gasteiger partial charge is 0.464 e. The van der Waals surface area contributed by atoms with Gasteiger partial charge in [0.05, 0.1) is 12.5 Å². The molecule has 1 aromatic heterocycles. The summed E-state index contributed by atoms with van der Waals surface area (Å²) in [5.41, 5.74) is 0.296. The smallest absolute Gasteiger partial charge is 0.356 e. The Balaban J connectivity index is 0.00000154. The van der Waals surface area contributed by atoms with E-state index in [2.05, 4.69) is 16.3 Å². The average molecular weight is 259 g/mol. The topological polar surface area (TPSA) is 39.2 Å². The number of carbonyl (C=O) groups is 1. The van der Waals surface area contributed by atoms with Crippen LogP contribution in [0.5, 0.6) is 0 Å². The van der Waals surface area contributed by atoms with Crippen LogP contribution in [0.3, 0.4) is 0 Å². The highest BCUT2D eigenvalue weighted by Gasteiger charge is 2.05. The number of rotatable bonds is 3. The van der Waals surface area contributed by atoms with Gasteiger partial charge in [0, 0.05) is 5.22 Å². The number of aromatic nitrogens is 1. The zero-order valence-electron chi connectivity index (χ0n) is 12.0. The van der Waals surface area contributed by atoms with E-state index < -0.39 is 5.97 Å². The fraction of sp³-hybridized carbons (Fsp3) is 0.250. The number of hydrogen-bond acceptors (Lipinski definition) is 3. The molecule has 0 unspecified atom stereocenters. The van der Waals surface area contributed by atoms with Crippen molar-refractivity contribution >= 4 is 18.1 Å². The molecule has 0 saturated heterocycles. The maximum Gasteiger partial charge on any atom is 0.356 e. The van der Waals surface area contributed by atoms with Crippen molar-refractivity contribution in [2.75, 3.05) is 7.11 Å². The highest BCUT2D eigenvalue weighted by molar-refractivity contribution is 5.87. The van der Waals surface area contributed by atoms with Crippen molar-refractivity contribution in [1.29, 1.82) is 0 Å². The third-order valence-electron chi connectivity index (χ3n) is 2.10. The van der Waals surface area contributed by atoms with Crippen LogP contribution in [0.15, 0.2) is 36.9 Å². The Kier molecular flexibility index (Phi) is 8.71. The molecule has 0 aliphatic rings. The van der Waals surface area contributed by atoms with Crippen molar-refractivity contribution < 1.29 is 9.53 Å². The second-order valence-electron chi connectivity index (χ2n) is 3.26. The molecular formula is C16H21NO2. The number of hydrogen-bond donors (Lipinski definition) is 0. The third-order valence-corrected chi connectivity index (χ3v) is 2.10. The molecule has 0 radical (unpaired) electrons. The molecule has 0 saturated carbocycles. The van der Waals surface area contributed by atoms with Crippen LogP contribution in [-0.4, -0.2) is 18.1 Å². The highest BCUT2D eigenvalue weighted by atomic mass is 16.5. The van der Waals surface area contributed by atoms with E-state index in [-0.39, 0.29) is 0 Å². The van der Waals surface area contributed by atoms with Crippen LogP contribution in [0.1, 0.15) is 31.3 Å². The number of nitrogens with zero attached hydrogens (tertiary/aromatic N) is 1. The molecule has 0 aromatic carbocycles. The third kappa shape index (κ3) is 5.34. The van der Waals surface area contributed by atoms with Gasteiger partial charge in [-0.2, -0.15) is 0 Å². The van der Waals surface area contributed by atoms with E-state index in [4.69, 9.17) is 0 Å². The van der Waals surface area contributed by atoms with Crippen LogP contribution in [0, 0.1) is 0 Å². The predicted octanol–water partition coefficient (Wildman–Crippen LogP) is 2.22. The van der Waals surface area contributed by atoms with Crippen molar-refractivity contribution in [2.24, 2.45) is 0 Å². The standard InChI is InChI=1S/C14H15NO2.C2H6/c1-4-6-8-12-11(7-5-2)9-10-13(15-12)14(16)17-3;1-2/h4-10H,2H2,1,3H3;1-2H3/b6-4-,11-7-,12-8+;. The van der Waals surface area contributed by atoms with E-state index in [1.165, 1.54) is 7.11 Å². The van der Waals surface area contributed by atoms with Crippen LogP contribution < -0.4 is 10.6 Å². The molecule has 0 bridgehead atoms. The molecule has 19 heavy (non-hydrogen) atoms. The van der Waals surface area contributed by atoms with Gasteiger partial charge in [-0.1, -0.05) is 50.8 Å². The quantitative estimate of drug-likeness (QED) is 0.781. The Bertz CT molecular complexity index is 557. The molecule has 0 spiro atoms. The fourth-order valence-corrected chi connectivity index (χ4v) is 1.29. The molecule has 3 heteroatoms. The van der Waals surface area contributed by atoms with Gasteiger partial charge in [-0.3, -0.25) is 0 Å².